The fraction of sp³-hybridized carbons (Fsp3) is 0.259. The lowest BCUT2D eigenvalue weighted by Crippen LogP contribution is -2.26. The molecule has 0 saturated carbocycles. The van der Waals surface area contributed by atoms with Crippen LogP contribution in [-0.4, -0.2) is 36.2 Å². The lowest BCUT2D eigenvalue weighted by atomic mass is 10.1. The number of benzene rings is 3. The maximum absolute atomic E-state index is 12.3. The molecule has 0 aliphatic carbocycles. The number of nitrogens with one attached hydrogen (secondary N) is 1. The van der Waals surface area contributed by atoms with Crippen LogP contribution in [0.2, 0.25) is 0 Å². The maximum atomic E-state index is 12.3. The number of para-hydroxylation sites is 3. The molecule has 6 heteroatoms. The van der Waals surface area contributed by atoms with Crippen LogP contribution in [0.25, 0.3) is 11.0 Å². The van der Waals surface area contributed by atoms with Crippen molar-refractivity contribution >= 4 is 16.9 Å². The van der Waals surface area contributed by atoms with Gasteiger partial charge >= 0.3 is 0 Å². The minimum absolute atomic E-state index is 0.0164. The van der Waals surface area contributed by atoms with Crippen molar-refractivity contribution < 1.29 is 14.3 Å². The third-order valence-electron chi connectivity index (χ3n) is 5.68. The Morgan fingerprint density at radius 3 is 2.48 bits per heavy atom. The van der Waals surface area contributed by atoms with Crippen LogP contribution in [0.15, 0.2) is 72.8 Å². The summed E-state index contributed by atoms with van der Waals surface area (Å²) in [5.74, 6) is 2.68. The number of hydrogen-bond donors (Lipinski definition) is 1. The lowest BCUT2D eigenvalue weighted by Gasteiger charge is -2.13. The molecule has 6 nitrogen and oxygen atoms in total. The summed E-state index contributed by atoms with van der Waals surface area (Å²) in [6.07, 6.45) is 1.94. The molecule has 0 spiro atoms. The van der Waals surface area contributed by atoms with Gasteiger partial charge in [0.05, 0.1) is 38.2 Å². The van der Waals surface area contributed by atoms with Crippen LogP contribution < -0.4 is 14.8 Å². The molecule has 0 aliphatic heterocycles. The molecule has 0 unspecified atom stereocenters. The summed E-state index contributed by atoms with van der Waals surface area (Å²) < 4.78 is 12.9. The molecule has 3 aromatic carbocycles. The quantitative estimate of drug-likeness (QED) is 0.369. The van der Waals surface area contributed by atoms with Crippen molar-refractivity contribution in [2.24, 2.45) is 0 Å². The molecular weight excluding hydrogens is 414 g/mol. The zero-order chi connectivity index (χ0) is 23.0. The average molecular weight is 444 g/mol. The van der Waals surface area contributed by atoms with Gasteiger partial charge in [0.15, 0.2) is 0 Å². The molecule has 170 valence electrons. The molecule has 0 radical (unpaired) electrons. The SMILES string of the molecule is COc1ccc(CC(=O)NCCCc2nc3ccccc3n2Cc2ccccc2OC)cc1. The number of carbonyl (C=O) groups excluding carboxylic acids is 1. The second kappa shape index (κ2) is 10.7. The summed E-state index contributed by atoms with van der Waals surface area (Å²) in [5.41, 5.74) is 4.15. The van der Waals surface area contributed by atoms with E-state index in [2.05, 4.69) is 22.0 Å². The number of ether oxygens (including phenoxy) is 2. The Morgan fingerprint density at radius 1 is 0.939 bits per heavy atom. The van der Waals surface area contributed by atoms with E-state index in [-0.39, 0.29) is 5.91 Å². The van der Waals surface area contributed by atoms with Crippen LogP contribution in [0.1, 0.15) is 23.4 Å². The summed E-state index contributed by atoms with van der Waals surface area (Å²) in [7, 11) is 3.33. The van der Waals surface area contributed by atoms with Crippen LogP contribution in [0, 0.1) is 0 Å². The fourth-order valence-electron chi connectivity index (χ4n) is 3.96. The lowest BCUT2D eigenvalue weighted by molar-refractivity contribution is -0.120. The Hall–Kier alpha value is -3.80. The maximum Gasteiger partial charge on any atom is 0.224 e. The highest BCUT2D eigenvalue weighted by Gasteiger charge is 2.13. The Morgan fingerprint density at radius 2 is 1.70 bits per heavy atom. The zero-order valence-electron chi connectivity index (χ0n) is 19.1. The first-order valence-corrected chi connectivity index (χ1v) is 11.1. The third kappa shape index (κ3) is 5.52. The molecular formula is C27H29N3O3. The fourth-order valence-corrected chi connectivity index (χ4v) is 3.96. The Labute approximate surface area is 194 Å². The van der Waals surface area contributed by atoms with Gasteiger partial charge in [-0.15, -0.1) is 0 Å². The van der Waals surface area contributed by atoms with Gasteiger partial charge in [0.2, 0.25) is 5.91 Å². The Kier molecular flexibility index (Phi) is 7.25. The Bertz CT molecular complexity index is 1220. The summed E-state index contributed by atoms with van der Waals surface area (Å²) in [6.45, 7) is 1.29. The normalized spacial score (nSPS) is 10.8. The molecule has 0 aliphatic rings. The molecule has 1 heterocycles. The van der Waals surface area contributed by atoms with Crippen molar-refractivity contribution in [1.82, 2.24) is 14.9 Å². The molecule has 0 fully saturated rings. The predicted molar refractivity (Wildman–Crippen MR) is 130 cm³/mol. The van der Waals surface area contributed by atoms with Crippen LogP contribution in [0.3, 0.4) is 0 Å². The summed E-state index contributed by atoms with van der Waals surface area (Å²) in [5, 5.41) is 3.02. The second-order valence-corrected chi connectivity index (χ2v) is 7.89. The minimum atomic E-state index is 0.0164. The molecule has 4 rings (SSSR count). The van der Waals surface area contributed by atoms with E-state index in [4.69, 9.17) is 14.5 Å². The van der Waals surface area contributed by atoms with Crippen molar-refractivity contribution in [3.8, 4) is 11.5 Å². The number of nitrogens with zero attached hydrogens (tertiary/aromatic N) is 2. The first-order chi connectivity index (χ1) is 16.2. The first kappa shape index (κ1) is 22.4. The van der Waals surface area contributed by atoms with Crippen LogP contribution in [-0.2, 0) is 24.2 Å². The Balaban J connectivity index is 1.39. The van der Waals surface area contributed by atoms with E-state index in [1.165, 1.54) is 0 Å². The second-order valence-electron chi connectivity index (χ2n) is 7.89. The number of rotatable bonds is 10. The largest absolute Gasteiger partial charge is 0.497 e. The predicted octanol–water partition coefficient (Wildman–Crippen LogP) is 4.39. The molecule has 1 amide bonds. The van der Waals surface area contributed by atoms with Gasteiger partial charge in [-0.2, -0.15) is 0 Å². The van der Waals surface area contributed by atoms with E-state index < -0.39 is 0 Å². The summed E-state index contributed by atoms with van der Waals surface area (Å²) in [6, 6.07) is 23.8. The van der Waals surface area contributed by atoms with E-state index in [0.29, 0.717) is 19.5 Å². The highest BCUT2D eigenvalue weighted by molar-refractivity contribution is 5.78. The number of aromatic nitrogens is 2. The number of imidazole rings is 1. The molecule has 4 aromatic rings. The van der Waals surface area contributed by atoms with E-state index >= 15 is 0 Å². The molecule has 1 aromatic heterocycles. The van der Waals surface area contributed by atoms with Gasteiger partial charge in [0.1, 0.15) is 17.3 Å². The summed E-state index contributed by atoms with van der Waals surface area (Å²) >= 11 is 0. The van der Waals surface area contributed by atoms with Gasteiger partial charge in [-0.3, -0.25) is 4.79 Å². The number of hydrogen-bond acceptors (Lipinski definition) is 4. The molecule has 0 bridgehead atoms. The van der Waals surface area contributed by atoms with Crippen LogP contribution in [0.5, 0.6) is 11.5 Å². The highest BCUT2D eigenvalue weighted by atomic mass is 16.5. The monoisotopic (exact) mass is 443 g/mol. The highest BCUT2D eigenvalue weighted by Crippen LogP contribution is 2.23. The number of methoxy groups -OCH3 is 2. The van der Waals surface area contributed by atoms with Crippen molar-refractivity contribution in [3.63, 3.8) is 0 Å². The van der Waals surface area contributed by atoms with Crippen LogP contribution >= 0.6 is 0 Å². The average Bonchev–Trinajstić information content (AvgIpc) is 3.20. The minimum Gasteiger partial charge on any atom is -0.497 e. The van der Waals surface area contributed by atoms with Crippen molar-refractivity contribution in [1.29, 1.82) is 0 Å². The number of aryl methyl sites for hydroxylation is 1. The van der Waals surface area contributed by atoms with E-state index in [1.807, 2.05) is 60.7 Å². The first-order valence-electron chi connectivity index (χ1n) is 11.1. The van der Waals surface area contributed by atoms with Crippen molar-refractivity contribution in [3.05, 3.63) is 89.7 Å². The van der Waals surface area contributed by atoms with E-state index in [0.717, 1.165) is 52.3 Å². The topological polar surface area (TPSA) is 65.4 Å². The van der Waals surface area contributed by atoms with Crippen molar-refractivity contribution in [2.75, 3.05) is 20.8 Å². The van der Waals surface area contributed by atoms with Gasteiger partial charge in [0.25, 0.3) is 0 Å². The number of amides is 1. The van der Waals surface area contributed by atoms with E-state index in [1.54, 1.807) is 14.2 Å². The van der Waals surface area contributed by atoms with Gasteiger partial charge in [-0.05, 0) is 42.3 Å². The van der Waals surface area contributed by atoms with Gasteiger partial charge in [-0.1, -0.05) is 42.5 Å². The van der Waals surface area contributed by atoms with Gasteiger partial charge in [0, 0.05) is 18.5 Å². The van der Waals surface area contributed by atoms with Gasteiger partial charge in [-0.25, -0.2) is 4.98 Å². The summed E-state index contributed by atoms with van der Waals surface area (Å²) in [4.78, 5) is 17.2. The molecule has 33 heavy (non-hydrogen) atoms. The van der Waals surface area contributed by atoms with Crippen molar-refractivity contribution in [2.45, 2.75) is 25.8 Å². The number of carbonyl (C=O) groups is 1. The third-order valence-corrected chi connectivity index (χ3v) is 5.68. The number of fused-ring (bicyclic) bond motifs is 1. The van der Waals surface area contributed by atoms with Gasteiger partial charge < -0.3 is 19.4 Å². The molecule has 0 saturated heterocycles. The molecule has 0 atom stereocenters. The zero-order valence-corrected chi connectivity index (χ0v) is 19.1. The smallest absolute Gasteiger partial charge is 0.224 e. The van der Waals surface area contributed by atoms with E-state index in [9.17, 15) is 4.79 Å². The van der Waals surface area contributed by atoms with Crippen LogP contribution in [0.4, 0.5) is 0 Å². The standard InChI is InChI=1S/C27H29N3O3/c1-32-22-15-13-20(14-16-22)18-27(31)28-17-7-12-26-29-23-9-4-5-10-24(23)30(26)19-21-8-3-6-11-25(21)33-2/h3-6,8-11,13-16H,7,12,17-19H2,1-2H3,(H,28,31). The molecule has 1 N–H and O–H groups in total.